The molecule has 1 aliphatic rings. The molecule has 0 saturated heterocycles. The topological polar surface area (TPSA) is 18.5 Å². The van der Waals surface area contributed by atoms with E-state index in [1.54, 1.807) is 0 Å². The summed E-state index contributed by atoms with van der Waals surface area (Å²) in [4.78, 5) is 0. The molecular formula is C10H18O2. The summed E-state index contributed by atoms with van der Waals surface area (Å²) in [6.07, 6.45) is 3.52. The van der Waals surface area contributed by atoms with Crippen molar-refractivity contribution in [1.29, 1.82) is 0 Å². The van der Waals surface area contributed by atoms with Crippen molar-refractivity contribution in [2.24, 2.45) is 0 Å². The Hall–Kier alpha value is -0.340. The van der Waals surface area contributed by atoms with Gasteiger partial charge in [0.2, 0.25) is 0 Å². The van der Waals surface area contributed by atoms with Gasteiger partial charge in [0.1, 0.15) is 0 Å². The van der Waals surface area contributed by atoms with Crippen LogP contribution >= 0.6 is 0 Å². The van der Waals surface area contributed by atoms with Gasteiger partial charge in [0.05, 0.1) is 6.10 Å². The number of ether oxygens (including phenoxy) is 2. The molecule has 12 heavy (non-hydrogen) atoms. The lowest BCUT2D eigenvalue weighted by molar-refractivity contribution is -0.154. The number of rotatable bonds is 4. The molecule has 0 heterocycles. The Morgan fingerprint density at radius 1 is 1.67 bits per heavy atom. The number of hydrogen-bond donors (Lipinski definition) is 0. The zero-order chi connectivity index (χ0) is 8.97. The summed E-state index contributed by atoms with van der Waals surface area (Å²) in [5, 5.41) is 0. The minimum atomic E-state index is -0.0640. The molecule has 1 fully saturated rings. The van der Waals surface area contributed by atoms with Crippen molar-refractivity contribution in [2.45, 2.75) is 45.5 Å². The van der Waals surface area contributed by atoms with Crippen LogP contribution in [0.1, 0.15) is 33.1 Å². The van der Waals surface area contributed by atoms with Gasteiger partial charge in [-0.2, -0.15) is 0 Å². The van der Waals surface area contributed by atoms with Crippen molar-refractivity contribution in [1.82, 2.24) is 0 Å². The average Bonchev–Trinajstić information content (AvgIpc) is 2.36. The van der Waals surface area contributed by atoms with Gasteiger partial charge in [0, 0.05) is 6.61 Å². The predicted molar refractivity (Wildman–Crippen MR) is 49.0 cm³/mol. The zero-order valence-corrected chi connectivity index (χ0v) is 8.01. The third kappa shape index (κ3) is 2.95. The first-order valence-electron chi connectivity index (χ1n) is 4.66. The van der Waals surface area contributed by atoms with Crippen LogP contribution in [-0.2, 0) is 9.47 Å². The zero-order valence-electron chi connectivity index (χ0n) is 8.01. The van der Waals surface area contributed by atoms with Crippen molar-refractivity contribution in [3.05, 3.63) is 12.2 Å². The molecule has 0 aliphatic heterocycles. The molecule has 0 N–H and O–H groups in total. The van der Waals surface area contributed by atoms with Gasteiger partial charge in [-0.15, -0.1) is 0 Å². The minimum absolute atomic E-state index is 0.0640. The van der Waals surface area contributed by atoms with Crippen LogP contribution in [0.3, 0.4) is 0 Å². The highest BCUT2D eigenvalue weighted by atomic mass is 16.7. The summed E-state index contributed by atoms with van der Waals surface area (Å²) >= 11 is 0. The fourth-order valence-corrected chi connectivity index (χ4v) is 1.55. The number of hydrogen-bond acceptors (Lipinski definition) is 2. The average molecular weight is 170 g/mol. The van der Waals surface area contributed by atoms with Crippen LogP contribution in [0, 0.1) is 0 Å². The molecule has 2 nitrogen and oxygen atoms in total. The van der Waals surface area contributed by atoms with Crippen LogP contribution in [0.4, 0.5) is 0 Å². The quantitative estimate of drug-likeness (QED) is 0.476. The van der Waals surface area contributed by atoms with Crippen molar-refractivity contribution >= 4 is 0 Å². The van der Waals surface area contributed by atoms with E-state index in [0.717, 1.165) is 25.9 Å². The predicted octanol–water partition coefficient (Wildman–Crippen LogP) is 2.49. The molecule has 0 bridgehead atoms. The smallest absolute Gasteiger partial charge is 0.155 e. The Morgan fingerprint density at radius 3 is 2.92 bits per heavy atom. The minimum Gasteiger partial charge on any atom is -0.353 e. The molecule has 70 valence electrons. The van der Waals surface area contributed by atoms with E-state index in [0.29, 0.717) is 6.10 Å². The monoisotopic (exact) mass is 170 g/mol. The first-order valence-corrected chi connectivity index (χ1v) is 4.66. The van der Waals surface area contributed by atoms with Crippen molar-refractivity contribution < 1.29 is 9.47 Å². The van der Waals surface area contributed by atoms with E-state index in [4.69, 9.17) is 9.47 Å². The van der Waals surface area contributed by atoms with Crippen molar-refractivity contribution in [3.63, 3.8) is 0 Å². The van der Waals surface area contributed by atoms with E-state index < -0.39 is 0 Å². The maximum atomic E-state index is 5.64. The second-order valence-corrected chi connectivity index (χ2v) is 3.27. The molecule has 0 amide bonds. The third-order valence-electron chi connectivity index (χ3n) is 2.12. The highest BCUT2D eigenvalue weighted by Gasteiger charge is 2.20. The molecule has 1 saturated carbocycles. The lowest BCUT2D eigenvalue weighted by Crippen LogP contribution is -2.19. The summed E-state index contributed by atoms with van der Waals surface area (Å²) in [6.45, 7) is 8.58. The molecule has 0 radical (unpaired) electrons. The van der Waals surface area contributed by atoms with Gasteiger partial charge in [-0.25, -0.2) is 0 Å². The molecule has 0 aromatic heterocycles. The van der Waals surface area contributed by atoms with Crippen LogP contribution in [0.25, 0.3) is 0 Å². The fourth-order valence-electron chi connectivity index (χ4n) is 1.55. The van der Waals surface area contributed by atoms with Gasteiger partial charge in [0.15, 0.2) is 6.29 Å². The lowest BCUT2D eigenvalue weighted by atomic mass is 10.3. The molecule has 1 unspecified atom stereocenters. The molecular weight excluding hydrogens is 152 g/mol. The molecule has 0 spiro atoms. The largest absolute Gasteiger partial charge is 0.353 e. The van der Waals surface area contributed by atoms with Crippen LogP contribution in [0.15, 0.2) is 12.2 Å². The summed E-state index contributed by atoms with van der Waals surface area (Å²) in [7, 11) is 0. The first kappa shape index (κ1) is 9.75. The van der Waals surface area contributed by atoms with E-state index in [1.165, 1.54) is 5.57 Å². The summed E-state index contributed by atoms with van der Waals surface area (Å²) in [5.74, 6) is 0. The van der Waals surface area contributed by atoms with Gasteiger partial charge in [-0.1, -0.05) is 12.2 Å². The second-order valence-electron chi connectivity index (χ2n) is 3.27. The Kier molecular flexibility index (Phi) is 3.76. The Bertz CT molecular complexity index is 154. The van der Waals surface area contributed by atoms with Gasteiger partial charge in [-0.05, 0) is 33.1 Å². The second kappa shape index (κ2) is 4.63. The molecule has 1 rings (SSSR count). The summed E-state index contributed by atoms with van der Waals surface area (Å²) in [6, 6.07) is 0. The van der Waals surface area contributed by atoms with E-state index in [-0.39, 0.29) is 6.29 Å². The maximum absolute atomic E-state index is 5.64. The van der Waals surface area contributed by atoms with Crippen LogP contribution < -0.4 is 0 Å². The van der Waals surface area contributed by atoms with E-state index in [2.05, 4.69) is 6.58 Å². The van der Waals surface area contributed by atoms with Gasteiger partial charge in [-0.3, -0.25) is 0 Å². The molecule has 2 heteroatoms. The highest BCUT2D eigenvalue weighted by Crippen LogP contribution is 2.26. The first-order chi connectivity index (χ1) is 5.72. The van der Waals surface area contributed by atoms with E-state index >= 15 is 0 Å². The lowest BCUT2D eigenvalue weighted by Gasteiger charge is -2.17. The van der Waals surface area contributed by atoms with Crippen LogP contribution in [0.2, 0.25) is 0 Å². The van der Waals surface area contributed by atoms with Gasteiger partial charge < -0.3 is 9.47 Å². The van der Waals surface area contributed by atoms with Crippen molar-refractivity contribution in [2.75, 3.05) is 6.61 Å². The van der Waals surface area contributed by atoms with E-state index in [9.17, 15) is 0 Å². The molecule has 0 aromatic rings. The molecule has 0 aromatic carbocycles. The van der Waals surface area contributed by atoms with Crippen molar-refractivity contribution in [3.8, 4) is 0 Å². The summed E-state index contributed by atoms with van der Waals surface area (Å²) in [5.41, 5.74) is 1.31. The third-order valence-corrected chi connectivity index (χ3v) is 2.12. The van der Waals surface area contributed by atoms with Gasteiger partial charge in [0.25, 0.3) is 0 Å². The normalized spacial score (nSPS) is 26.2. The summed E-state index contributed by atoms with van der Waals surface area (Å²) < 4.78 is 10.9. The Balaban J connectivity index is 2.18. The van der Waals surface area contributed by atoms with Gasteiger partial charge >= 0.3 is 0 Å². The van der Waals surface area contributed by atoms with Crippen LogP contribution in [0.5, 0.6) is 0 Å². The standard InChI is InChI=1S/C10H18O2/c1-4-11-9(3)12-10-6-5-8(2)7-10/h9-10H,2,4-7H2,1,3H3/t9?,10-/m0/s1. The molecule has 1 aliphatic carbocycles. The molecule has 2 atom stereocenters. The maximum Gasteiger partial charge on any atom is 0.155 e. The highest BCUT2D eigenvalue weighted by molar-refractivity contribution is 5.02. The van der Waals surface area contributed by atoms with Crippen LogP contribution in [-0.4, -0.2) is 19.0 Å². The SMILES string of the molecule is C=C1CC[C@H](OC(C)OCC)C1. The fraction of sp³-hybridized carbons (Fsp3) is 0.800. The Labute approximate surface area is 74.6 Å². The van der Waals surface area contributed by atoms with E-state index in [1.807, 2.05) is 13.8 Å². The Morgan fingerprint density at radius 2 is 2.42 bits per heavy atom.